The van der Waals surface area contributed by atoms with Crippen LogP contribution in [0.3, 0.4) is 0 Å². The van der Waals surface area contributed by atoms with Gasteiger partial charge in [-0.15, -0.1) is 0 Å². The van der Waals surface area contributed by atoms with Crippen molar-refractivity contribution in [3.05, 3.63) is 11.6 Å². The number of esters is 1. The van der Waals surface area contributed by atoms with E-state index in [9.17, 15) is 9.36 Å². The topological polar surface area (TPSA) is 82.1 Å². The number of rotatable bonds is 7. The van der Waals surface area contributed by atoms with Crippen LogP contribution in [0.15, 0.2) is 11.6 Å². The zero-order valence-corrected chi connectivity index (χ0v) is 10.5. The highest BCUT2D eigenvalue weighted by atomic mass is 31.2. The van der Waals surface area contributed by atoms with Crippen molar-refractivity contribution in [2.75, 3.05) is 33.6 Å². The SMILES string of the molecule is COP(=O)(C/C=C(/CO)COC(C)=O)OC. The Morgan fingerprint density at radius 1 is 1.38 bits per heavy atom. The van der Waals surface area contributed by atoms with Crippen LogP contribution in [-0.2, 0) is 23.1 Å². The number of carbonyl (C=O) groups excluding carboxylic acids is 1. The number of aliphatic hydroxyl groups excluding tert-OH is 1. The lowest BCUT2D eigenvalue weighted by atomic mass is 10.3. The number of aliphatic hydroxyl groups is 1. The van der Waals surface area contributed by atoms with Gasteiger partial charge in [0.25, 0.3) is 0 Å². The number of carbonyl (C=O) groups is 1. The number of allylic oxidation sites excluding steroid dienone is 1. The molecule has 6 nitrogen and oxygen atoms in total. The second-order valence-corrected chi connectivity index (χ2v) is 5.28. The zero-order chi connectivity index (χ0) is 12.6. The molecular weight excluding hydrogens is 235 g/mol. The van der Waals surface area contributed by atoms with E-state index in [4.69, 9.17) is 14.2 Å². The Balaban J connectivity index is 4.36. The Morgan fingerprint density at radius 3 is 2.31 bits per heavy atom. The molecule has 0 saturated carbocycles. The van der Waals surface area contributed by atoms with Crippen LogP contribution in [0.5, 0.6) is 0 Å². The fraction of sp³-hybridized carbons (Fsp3) is 0.667. The van der Waals surface area contributed by atoms with Crippen molar-refractivity contribution in [1.82, 2.24) is 0 Å². The maximum absolute atomic E-state index is 11.6. The molecule has 0 heterocycles. The summed E-state index contributed by atoms with van der Waals surface area (Å²) in [5.41, 5.74) is 0.449. The molecule has 94 valence electrons. The number of hydrogen-bond acceptors (Lipinski definition) is 6. The van der Waals surface area contributed by atoms with Crippen molar-refractivity contribution >= 4 is 13.6 Å². The van der Waals surface area contributed by atoms with Crippen LogP contribution in [0.1, 0.15) is 6.92 Å². The van der Waals surface area contributed by atoms with Crippen LogP contribution in [0.25, 0.3) is 0 Å². The zero-order valence-electron chi connectivity index (χ0n) is 9.63. The highest BCUT2D eigenvalue weighted by Gasteiger charge is 2.19. The smallest absolute Gasteiger partial charge is 0.333 e. The van der Waals surface area contributed by atoms with Crippen LogP contribution >= 0.6 is 7.60 Å². The van der Waals surface area contributed by atoms with E-state index in [1.807, 2.05) is 0 Å². The van der Waals surface area contributed by atoms with E-state index in [1.54, 1.807) is 0 Å². The second kappa shape index (κ2) is 7.57. The molecule has 7 heteroatoms. The molecule has 0 aliphatic carbocycles. The van der Waals surface area contributed by atoms with Gasteiger partial charge in [-0.25, -0.2) is 0 Å². The molecule has 0 unspecified atom stereocenters. The number of hydrogen-bond donors (Lipinski definition) is 1. The van der Waals surface area contributed by atoms with Crippen LogP contribution in [0.2, 0.25) is 0 Å². The molecule has 1 N–H and O–H groups in total. The Kier molecular flexibility index (Phi) is 7.25. The third kappa shape index (κ3) is 6.02. The Bertz CT molecular complexity index is 290. The Morgan fingerprint density at radius 2 is 1.94 bits per heavy atom. The molecule has 0 aromatic rings. The summed E-state index contributed by atoms with van der Waals surface area (Å²) in [5.74, 6) is -0.444. The van der Waals surface area contributed by atoms with Gasteiger partial charge < -0.3 is 18.9 Å². The quantitative estimate of drug-likeness (QED) is 0.413. The minimum Gasteiger partial charge on any atom is -0.461 e. The van der Waals surface area contributed by atoms with E-state index in [1.165, 1.54) is 27.2 Å². The minimum atomic E-state index is -3.12. The highest BCUT2D eigenvalue weighted by molar-refractivity contribution is 7.54. The largest absolute Gasteiger partial charge is 0.461 e. The molecule has 0 atom stereocenters. The fourth-order valence-corrected chi connectivity index (χ4v) is 1.76. The van der Waals surface area contributed by atoms with E-state index in [0.29, 0.717) is 5.57 Å². The summed E-state index contributed by atoms with van der Waals surface area (Å²) in [7, 11) is -0.562. The summed E-state index contributed by atoms with van der Waals surface area (Å²) in [6, 6.07) is 0. The van der Waals surface area contributed by atoms with Crippen LogP contribution in [0, 0.1) is 0 Å². The molecule has 0 aliphatic rings. The van der Waals surface area contributed by atoms with Gasteiger partial charge in [0.05, 0.1) is 12.8 Å². The maximum Gasteiger partial charge on any atom is 0.333 e. The first kappa shape index (κ1) is 15.3. The van der Waals surface area contributed by atoms with E-state index in [2.05, 4.69) is 4.74 Å². The minimum absolute atomic E-state index is 0.0250. The standard InChI is InChI=1S/C9H17O6P/c1-8(11)15-7-9(6-10)4-5-16(12,13-2)14-3/h4,10H,5-7H2,1-3H3/b9-4-. The van der Waals surface area contributed by atoms with Crippen molar-refractivity contribution in [1.29, 1.82) is 0 Å². The molecule has 0 aliphatic heterocycles. The first-order valence-corrected chi connectivity index (χ1v) is 6.33. The summed E-state index contributed by atoms with van der Waals surface area (Å²) in [4.78, 5) is 10.5. The van der Waals surface area contributed by atoms with Gasteiger partial charge in [0.2, 0.25) is 0 Å². The van der Waals surface area contributed by atoms with Gasteiger partial charge in [0.15, 0.2) is 0 Å². The normalized spacial score (nSPS) is 12.6. The van der Waals surface area contributed by atoms with E-state index < -0.39 is 13.6 Å². The lowest BCUT2D eigenvalue weighted by Crippen LogP contribution is -2.07. The fourth-order valence-electron chi connectivity index (χ4n) is 0.828. The highest BCUT2D eigenvalue weighted by Crippen LogP contribution is 2.46. The summed E-state index contributed by atoms with van der Waals surface area (Å²) in [6.45, 7) is 0.962. The monoisotopic (exact) mass is 252 g/mol. The van der Waals surface area contributed by atoms with E-state index >= 15 is 0 Å². The van der Waals surface area contributed by atoms with Crippen molar-refractivity contribution < 1.29 is 28.3 Å². The van der Waals surface area contributed by atoms with Crippen LogP contribution < -0.4 is 0 Å². The Hall–Kier alpha value is -0.680. The van der Waals surface area contributed by atoms with Crippen molar-refractivity contribution in [2.24, 2.45) is 0 Å². The first-order chi connectivity index (χ1) is 7.47. The molecule has 0 fully saturated rings. The summed E-state index contributed by atoms with van der Waals surface area (Å²) in [5, 5.41) is 8.95. The van der Waals surface area contributed by atoms with Crippen molar-refractivity contribution in [3.8, 4) is 0 Å². The first-order valence-electron chi connectivity index (χ1n) is 4.60. The molecule has 0 radical (unpaired) electrons. The van der Waals surface area contributed by atoms with Gasteiger partial charge in [-0.2, -0.15) is 0 Å². The molecule has 0 aromatic heterocycles. The molecule has 0 spiro atoms. The third-order valence-electron chi connectivity index (χ3n) is 1.82. The van der Waals surface area contributed by atoms with E-state index in [0.717, 1.165) is 0 Å². The van der Waals surface area contributed by atoms with Crippen LogP contribution in [0.4, 0.5) is 0 Å². The lowest BCUT2D eigenvalue weighted by molar-refractivity contribution is -0.140. The van der Waals surface area contributed by atoms with Gasteiger partial charge in [0.1, 0.15) is 6.61 Å². The van der Waals surface area contributed by atoms with Crippen molar-refractivity contribution in [2.45, 2.75) is 6.92 Å². The maximum atomic E-state index is 11.6. The summed E-state index contributed by atoms with van der Waals surface area (Å²) < 4.78 is 25.7. The predicted octanol–water partition coefficient (Wildman–Crippen LogP) is 0.954. The van der Waals surface area contributed by atoms with E-state index in [-0.39, 0.29) is 19.4 Å². The molecule has 16 heavy (non-hydrogen) atoms. The van der Waals surface area contributed by atoms with Crippen LogP contribution in [-0.4, -0.2) is 44.7 Å². The molecule has 0 saturated heterocycles. The average molecular weight is 252 g/mol. The predicted molar refractivity (Wildman–Crippen MR) is 58.3 cm³/mol. The molecule has 0 bridgehead atoms. The number of ether oxygens (including phenoxy) is 1. The molecule has 0 rings (SSSR count). The van der Waals surface area contributed by atoms with Gasteiger partial charge in [0, 0.05) is 21.1 Å². The molecule has 0 amide bonds. The van der Waals surface area contributed by atoms with Crippen molar-refractivity contribution in [3.63, 3.8) is 0 Å². The van der Waals surface area contributed by atoms with Gasteiger partial charge in [-0.1, -0.05) is 6.08 Å². The van der Waals surface area contributed by atoms with Gasteiger partial charge in [-0.05, 0) is 5.57 Å². The average Bonchev–Trinajstić information content (AvgIpc) is 2.28. The summed E-state index contributed by atoms with van der Waals surface area (Å²) >= 11 is 0. The van der Waals surface area contributed by atoms with Gasteiger partial charge >= 0.3 is 13.6 Å². The summed E-state index contributed by atoms with van der Waals surface area (Å²) in [6.07, 6.45) is 1.51. The lowest BCUT2D eigenvalue weighted by Gasteiger charge is -2.12. The molecular formula is C9H17O6P. The second-order valence-electron chi connectivity index (χ2n) is 2.96. The Labute approximate surface area is 94.7 Å². The van der Waals surface area contributed by atoms with Gasteiger partial charge in [-0.3, -0.25) is 9.36 Å². The third-order valence-corrected chi connectivity index (χ3v) is 3.57. The molecule has 0 aromatic carbocycles.